The topological polar surface area (TPSA) is 9.86 Å². The summed E-state index contributed by atoms with van der Waals surface area (Å²) in [7, 11) is 0. The number of para-hydroxylation sites is 2. The van der Waals surface area contributed by atoms with Gasteiger partial charge in [-0.15, -0.1) is 0 Å². The molecule has 0 saturated carbocycles. The third-order valence-electron chi connectivity index (χ3n) is 12.3. The normalized spacial score (nSPS) is 12.2. The van der Waals surface area contributed by atoms with E-state index in [2.05, 4.69) is 197 Å². The van der Waals surface area contributed by atoms with Crippen molar-refractivity contribution in [1.29, 1.82) is 0 Å². The van der Waals surface area contributed by atoms with Crippen molar-refractivity contribution in [1.82, 2.24) is 9.13 Å². The molecule has 0 spiro atoms. The van der Waals surface area contributed by atoms with Crippen LogP contribution in [0.15, 0.2) is 243 Å². The monoisotopic (exact) mass is 791 g/mol. The Balaban J connectivity index is 1.07. The van der Waals surface area contributed by atoms with E-state index in [1.54, 1.807) is 0 Å². The number of rotatable bonds is 7. The van der Waals surface area contributed by atoms with Crippen LogP contribution in [0.25, 0.3) is 111 Å². The zero-order valence-corrected chi connectivity index (χ0v) is 33.8. The van der Waals surface area contributed by atoms with Gasteiger partial charge in [-0.05, 0) is 111 Å². The van der Waals surface area contributed by atoms with Crippen LogP contribution in [-0.4, -0.2) is 9.13 Å². The van der Waals surface area contributed by atoms with Crippen LogP contribution in [0.5, 0.6) is 0 Å². The Kier molecular flexibility index (Phi) is 7.79. The molecule has 0 aliphatic heterocycles. The predicted octanol–water partition coefficient (Wildman–Crippen LogP) is 16.2. The minimum Gasteiger partial charge on any atom is -0.309 e. The minimum absolute atomic E-state index is 0.0275. The Bertz CT molecular complexity index is 3760. The molecule has 2 heterocycles. The second kappa shape index (κ2) is 14.8. The summed E-state index contributed by atoms with van der Waals surface area (Å²) in [6.45, 7) is 0. The summed E-state index contributed by atoms with van der Waals surface area (Å²) in [5.41, 5.74) is 15.4. The van der Waals surface area contributed by atoms with Gasteiger partial charge >= 0.3 is 0 Å². The number of fused-ring (bicyclic) bond motifs is 6. The summed E-state index contributed by atoms with van der Waals surface area (Å²) in [6.07, 6.45) is 0. The maximum Gasteiger partial charge on any atom is 0.0645 e. The average Bonchev–Trinajstić information content (AvgIpc) is 3.90. The number of hydrogen-bond acceptors (Lipinski definition) is 0. The number of hydrogen-bond donors (Lipinski definition) is 0. The first-order valence-electron chi connectivity index (χ1n) is 22.6. The fraction of sp³-hybridized carbons (Fsp3) is 0. The highest BCUT2D eigenvalue weighted by Crippen LogP contribution is 2.42. The maximum absolute atomic E-state index is 10.1. The zero-order valence-electron chi connectivity index (χ0n) is 36.8. The summed E-state index contributed by atoms with van der Waals surface area (Å²) in [5, 5.41) is 3.63. The Labute approximate surface area is 365 Å². The zero-order chi connectivity index (χ0) is 43.6. The lowest BCUT2D eigenvalue weighted by atomic mass is 9.97. The van der Waals surface area contributed by atoms with Crippen molar-refractivity contribution < 1.29 is 4.11 Å². The molecule has 0 saturated heterocycles. The second-order valence-electron chi connectivity index (χ2n) is 15.9. The summed E-state index contributed by atoms with van der Waals surface area (Å²) < 4.78 is 34.2. The van der Waals surface area contributed by atoms with Gasteiger partial charge in [0, 0.05) is 38.5 Å². The van der Waals surface area contributed by atoms with Crippen LogP contribution in [0.2, 0.25) is 0 Å². The van der Waals surface area contributed by atoms with Gasteiger partial charge in [0.25, 0.3) is 0 Å². The minimum atomic E-state index is 0.0275. The molecule has 0 radical (unpaired) electrons. The Morgan fingerprint density at radius 3 is 1.44 bits per heavy atom. The van der Waals surface area contributed by atoms with Crippen molar-refractivity contribution in [3.8, 4) is 67.0 Å². The van der Waals surface area contributed by atoms with Gasteiger partial charge in [-0.1, -0.05) is 182 Å². The molecule has 0 fully saturated rings. The Morgan fingerprint density at radius 1 is 0.274 bits per heavy atom. The molecule has 290 valence electrons. The van der Waals surface area contributed by atoms with Gasteiger partial charge in [0.15, 0.2) is 0 Å². The fourth-order valence-corrected chi connectivity index (χ4v) is 9.27. The molecule has 0 unspecified atom stereocenters. The number of benzene rings is 10. The van der Waals surface area contributed by atoms with Crippen molar-refractivity contribution >= 4 is 43.6 Å². The molecule has 2 aromatic heterocycles. The first-order chi connectivity index (χ1) is 32.0. The van der Waals surface area contributed by atoms with Crippen LogP contribution in [0, 0.1) is 0 Å². The smallest absolute Gasteiger partial charge is 0.0645 e. The second-order valence-corrected chi connectivity index (χ2v) is 15.9. The largest absolute Gasteiger partial charge is 0.309 e. The quantitative estimate of drug-likeness (QED) is 0.152. The number of nitrogens with zero attached hydrogens (tertiary/aromatic N) is 2. The van der Waals surface area contributed by atoms with Crippen LogP contribution in [0.4, 0.5) is 0 Å². The van der Waals surface area contributed by atoms with E-state index in [4.69, 9.17) is 0 Å². The maximum atomic E-state index is 10.1. The molecule has 0 bridgehead atoms. The van der Waals surface area contributed by atoms with Crippen LogP contribution in [0.1, 0.15) is 4.11 Å². The van der Waals surface area contributed by atoms with Crippen molar-refractivity contribution in [2.24, 2.45) is 0 Å². The highest BCUT2D eigenvalue weighted by atomic mass is 15.0. The standard InChI is InChI=1S/C60H40N2/c1-4-14-41(15-5-1)44-26-32-50(33-27-44)61-57-25-11-10-22-53(57)55-39-47(30-36-58(55)61)48-31-37-59-56(40-48)54-24-13-23-52(49-21-12-20-46(38-49)43-18-8-3-9-19-43)60(54)62(59)51-34-28-45(29-35-51)42-16-6-2-7-17-42/h1-40H/i31D,37D,40D. The van der Waals surface area contributed by atoms with E-state index in [1.807, 2.05) is 36.4 Å². The molecule has 62 heavy (non-hydrogen) atoms. The van der Waals surface area contributed by atoms with Crippen molar-refractivity contribution in [2.75, 3.05) is 0 Å². The van der Waals surface area contributed by atoms with Crippen LogP contribution < -0.4 is 0 Å². The molecular weight excluding hydrogens is 749 g/mol. The summed E-state index contributed by atoms with van der Waals surface area (Å²) in [5.74, 6) is 0. The van der Waals surface area contributed by atoms with Crippen LogP contribution in [0.3, 0.4) is 0 Å². The van der Waals surface area contributed by atoms with E-state index in [0.29, 0.717) is 16.5 Å². The molecule has 0 atom stereocenters. The van der Waals surface area contributed by atoms with Crippen molar-refractivity contribution in [2.45, 2.75) is 0 Å². The van der Waals surface area contributed by atoms with Gasteiger partial charge in [-0.25, -0.2) is 0 Å². The third-order valence-corrected chi connectivity index (χ3v) is 12.3. The van der Waals surface area contributed by atoms with Gasteiger partial charge in [0.1, 0.15) is 0 Å². The molecule has 12 rings (SSSR count). The third kappa shape index (κ3) is 6.04. The molecule has 0 aliphatic carbocycles. The summed E-state index contributed by atoms with van der Waals surface area (Å²) in [6, 6.07) is 78.1. The van der Waals surface area contributed by atoms with Crippen molar-refractivity contribution in [3.05, 3.63) is 243 Å². The average molecular weight is 792 g/mol. The van der Waals surface area contributed by atoms with Gasteiger partial charge < -0.3 is 9.13 Å². The van der Waals surface area contributed by atoms with Crippen LogP contribution >= 0.6 is 0 Å². The Hall–Kier alpha value is -8.20. The molecule has 10 aromatic carbocycles. The highest BCUT2D eigenvalue weighted by molar-refractivity contribution is 6.15. The van der Waals surface area contributed by atoms with Gasteiger partial charge in [0.2, 0.25) is 0 Å². The first-order valence-corrected chi connectivity index (χ1v) is 21.1. The van der Waals surface area contributed by atoms with Crippen molar-refractivity contribution in [3.63, 3.8) is 0 Å². The van der Waals surface area contributed by atoms with E-state index in [-0.39, 0.29) is 18.1 Å². The molecule has 2 heteroatoms. The van der Waals surface area contributed by atoms with E-state index >= 15 is 0 Å². The van der Waals surface area contributed by atoms with Gasteiger partial charge in [-0.2, -0.15) is 0 Å². The lowest BCUT2D eigenvalue weighted by Gasteiger charge is -2.13. The molecule has 2 nitrogen and oxygen atoms in total. The van der Waals surface area contributed by atoms with Gasteiger partial charge in [-0.3, -0.25) is 0 Å². The number of aromatic nitrogens is 2. The van der Waals surface area contributed by atoms with E-state index in [0.717, 1.165) is 88.6 Å². The highest BCUT2D eigenvalue weighted by Gasteiger charge is 2.19. The van der Waals surface area contributed by atoms with E-state index < -0.39 is 0 Å². The summed E-state index contributed by atoms with van der Waals surface area (Å²) >= 11 is 0. The molecule has 12 aromatic rings. The fourth-order valence-electron chi connectivity index (χ4n) is 9.27. The molecular formula is C60H40N2. The lowest BCUT2D eigenvalue weighted by Crippen LogP contribution is -1.96. The van der Waals surface area contributed by atoms with Gasteiger partial charge in [0.05, 0.1) is 26.2 Å². The lowest BCUT2D eigenvalue weighted by molar-refractivity contribution is 1.18. The van der Waals surface area contributed by atoms with E-state index in [9.17, 15) is 4.11 Å². The van der Waals surface area contributed by atoms with E-state index in [1.165, 1.54) is 5.56 Å². The van der Waals surface area contributed by atoms with Crippen LogP contribution in [-0.2, 0) is 0 Å². The Morgan fingerprint density at radius 2 is 0.758 bits per heavy atom. The molecule has 0 aliphatic rings. The summed E-state index contributed by atoms with van der Waals surface area (Å²) in [4.78, 5) is 0. The SMILES string of the molecule is [2H]c1c(-c2ccc3c(c2)c2ccccc2n3-c2ccc(-c3ccccc3)cc2)c([2H])c2c3cccc(-c4cccc(-c5ccccc5)c4)c3n(-c3ccc(-c4ccccc4)cc3)c2c1[2H]. The molecule has 0 N–H and O–H groups in total. The molecule has 0 amide bonds. The predicted molar refractivity (Wildman–Crippen MR) is 262 cm³/mol. The first kappa shape index (κ1) is 32.6.